The molecule has 3 heteroatoms. The second-order valence-corrected chi connectivity index (χ2v) is 4.76. The Bertz CT molecular complexity index is 769. The standard InChI is InChI=1S/C17H15FN2/c1-3-12(2)13-4-9-17-14(10-13)11-19-20(17)16-7-5-15(18)6-8-16/h4-11H,2-3H2,1H3. The van der Waals surface area contributed by atoms with Crippen molar-refractivity contribution in [2.45, 2.75) is 13.3 Å². The molecule has 0 aliphatic heterocycles. The van der Waals surface area contributed by atoms with Gasteiger partial charge >= 0.3 is 0 Å². The fraction of sp³-hybridized carbons (Fsp3) is 0.118. The highest BCUT2D eigenvalue weighted by Gasteiger charge is 2.06. The number of benzene rings is 2. The fourth-order valence-electron chi connectivity index (χ4n) is 2.25. The van der Waals surface area contributed by atoms with E-state index < -0.39 is 0 Å². The highest BCUT2D eigenvalue weighted by molar-refractivity contribution is 5.84. The summed E-state index contributed by atoms with van der Waals surface area (Å²) in [6.45, 7) is 6.15. The van der Waals surface area contributed by atoms with Gasteiger partial charge in [0.1, 0.15) is 5.82 Å². The van der Waals surface area contributed by atoms with Gasteiger partial charge in [0.2, 0.25) is 0 Å². The summed E-state index contributed by atoms with van der Waals surface area (Å²) in [6, 6.07) is 12.5. The van der Waals surface area contributed by atoms with Gasteiger partial charge in [0.05, 0.1) is 17.4 Å². The predicted molar refractivity (Wildman–Crippen MR) is 80.4 cm³/mol. The van der Waals surface area contributed by atoms with Crippen molar-refractivity contribution in [3.05, 3.63) is 66.6 Å². The van der Waals surface area contributed by atoms with Crippen molar-refractivity contribution in [2.75, 3.05) is 0 Å². The number of nitrogens with zero attached hydrogens (tertiary/aromatic N) is 2. The van der Waals surface area contributed by atoms with E-state index in [9.17, 15) is 4.39 Å². The maximum absolute atomic E-state index is 13.0. The molecule has 1 aromatic heterocycles. The van der Waals surface area contributed by atoms with Crippen LogP contribution in [0.2, 0.25) is 0 Å². The Balaban J connectivity index is 2.10. The molecule has 0 fully saturated rings. The van der Waals surface area contributed by atoms with Crippen LogP contribution in [0, 0.1) is 5.82 Å². The normalized spacial score (nSPS) is 10.9. The Hall–Kier alpha value is -2.42. The Morgan fingerprint density at radius 3 is 2.65 bits per heavy atom. The molecule has 0 aliphatic rings. The summed E-state index contributed by atoms with van der Waals surface area (Å²) in [5.41, 5.74) is 4.10. The Morgan fingerprint density at radius 1 is 1.20 bits per heavy atom. The minimum atomic E-state index is -0.244. The molecule has 2 aromatic carbocycles. The summed E-state index contributed by atoms with van der Waals surface area (Å²) < 4.78 is 14.8. The SMILES string of the molecule is C=C(CC)c1ccc2c(cnn2-c2ccc(F)cc2)c1. The topological polar surface area (TPSA) is 17.8 Å². The fourth-order valence-corrected chi connectivity index (χ4v) is 2.25. The van der Waals surface area contributed by atoms with Gasteiger partial charge in [-0.15, -0.1) is 0 Å². The second-order valence-electron chi connectivity index (χ2n) is 4.76. The third-order valence-electron chi connectivity index (χ3n) is 3.47. The quantitative estimate of drug-likeness (QED) is 0.678. The molecule has 0 amide bonds. The minimum absolute atomic E-state index is 0.244. The second kappa shape index (κ2) is 4.93. The Morgan fingerprint density at radius 2 is 1.95 bits per heavy atom. The van der Waals surface area contributed by atoms with Gasteiger partial charge in [-0.3, -0.25) is 0 Å². The molecule has 100 valence electrons. The van der Waals surface area contributed by atoms with Gasteiger partial charge in [-0.1, -0.05) is 19.6 Å². The van der Waals surface area contributed by atoms with Gasteiger partial charge < -0.3 is 0 Å². The zero-order chi connectivity index (χ0) is 14.1. The monoisotopic (exact) mass is 266 g/mol. The number of fused-ring (bicyclic) bond motifs is 1. The number of allylic oxidation sites excluding steroid dienone is 1. The molecule has 20 heavy (non-hydrogen) atoms. The van der Waals surface area contributed by atoms with Crippen LogP contribution >= 0.6 is 0 Å². The van der Waals surface area contributed by atoms with Crippen LogP contribution in [0.1, 0.15) is 18.9 Å². The Kier molecular flexibility index (Phi) is 3.11. The van der Waals surface area contributed by atoms with E-state index in [2.05, 4.69) is 30.7 Å². The zero-order valence-corrected chi connectivity index (χ0v) is 11.3. The van der Waals surface area contributed by atoms with E-state index in [0.717, 1.165) is 34.1 Å². The van der Waals surface area contributed by atoms with Gasteiger partial charge in [-0.25, -0.2) is 9.07 Å². The van der Waals surface area contributed by atoms with E-state index in [0.29, 0.717) is 0 Å². The van der Waals surface area contributed by atoms with Crippen LogP contribution in [-0.2, 0) is 0 Å². The van der Waals surface area contributed by atoms with E-state index in [4.69, 9.17) is 0 Å². The van der Waals surface area contributed by atoms with Gasteiger partial charge in [0.25, 0.3) is 0 Å². The first-order valence-electron chi connectivity index (χ1n) is 6.61. The largest absolute Gasteiger partial charge is 0.233 e. The third kappa shape index (κ3) is 2.11. The average Bonchev–Trinajstić information content (AvgIpc) is 2.90. The maximum Gasteiger partial charge on any atom is 0.123 e. The lowest BCUT2D eigenvalue weighted by atomic mass is 10.0. The van der Waals surface area contributed by atoms with E-state index in [1.165, 1.54) is 12.1 Å². The van der Waals surface area contributed by atoms with Crippen molar-refractivity contribution in [2.24, 2.45) is 0 Å². The number of hydrogen-bond donors (Lipinski definition) is 0. The molecule has 1 heterocycles. The lowest BCUT2D eigenvalue weighted by molar-refractivity contribution is 0.627. The number of halogens is 1. The van der Waals surface area contributed by atoms with Gasteiger partial charge in [-0.2, -0.15) is 5.10 Å². The van der Waals surface area contributed by atoms with E-state index in [1.807, 2.05) is 16.9 Å². The molecule has 0 saturated heterocycles. The van der Waals surface area contributed by atoms with Crippen molar-refractivity contribution < 1.29 is 4.39 Å². The van der Waals surface area contributed by atoms with Crippen LogP contribution in [0.3, 0.4) is 0 Å². The highest BCUT2D eigenvalue weighted by atomic mass is 19.1. The van der Waals surface area contributed by atoms with E-state index >= 15 is 0 Å². The van der Waals surface area contributed by atoms with Gasteiger partial charge in [0, 0.05) is 5.39 Å². The van der Waals surface area contributed by atoms with E-state index in [1.54, 1.807) is 12.1 Å². The first kappa shape index (κ1) is 12.6. The number of hydrogen-bond acceptors (Lipinski definition) is 1. The van der Waals surface area contributed by atoms with Crippen molar-refractivity contribution in [1.29, 1.82) is 0 Å². The number of rotatable bonds is 3. The molecule has 3 rings (SSSR count). The smallest absolute Gasteiger partial charge is 0.123 e. The highest BCUT2D eigenvalue weighted by Crippen LogP contribution is 2.24. The molecule has 0 radical (unpaired) electrons. The van der Waals surface area contributed by atoms with Crippen LogP contribution < -0.4 is 0 Å². The molecule has 0 atom stereocenters. The summed E-state index contributed by atoms with van der Waals surface area (Å²) in [7, 11) is 0. The van der Waals surface area contributed by atoms with Crippen molar-refractivity contribution in [3.63, 3.8) is 0 Å². The molecule has 3 aromatic rings. The predicted octanol–water partition coefficient (Wildman–Crippen LogP) is 4.59. The van der Waals surface area contributed by atoms with E-state index in [-0.39, 0.29) is 5.82 Å². The molecule has 0 aliphatic carbocycles. The Labute approximate surface area is 117 Å². The lowest BCUT2D eigenvalue weighted by Crippen LogP contribution is -1.95. The summed E-state index contributed by atoms with van der Waals surface area (Å²) in [5, 5.41) is 5.44. The van der Waals surface area contributed by atoms with Crippen molar-refractivity contribution in [3.8, 4) is 5.69 Å². The zero-order valence-electron chi connectivity index (χ0n) is 11.3. The third-order valence-corrected chi connectivity index (χ3v) is 3.47. The van der Waals surface area contributed by atoms with Crippen molar-refractivity contribution in [1.82, 2.24) is 9.78 Å². The molecule has 0 N–H and O–H groups in total. The van der Waals surface area contributed by atoms with Crippen molar-refractivity contribution >= 4 is 16.5 Å². The molecule has 0 saturated carbocycles. The first-order valence-corrected chi connectivity index (χ1v) is 6.61. The van der Waals surface area contributed by atoms with Crippen LogP contribution in [0.25, 0.3) is 22.2 Å². The molecule has 0 bridgehead atoms. The maximum atomic E-state index is 13.0. The van der Waals surface area contributed by atoms with Gasteiger partial charge in [0.15, 0.2) is 0 Å². The number of aromatic nitrogens is 2. The summed E-state index contributed by atoms with van der Waals surface area (Å²) in [4.78, 5) is 0. The molecular weight excluding hydrogens is 251 g/mol. The molecule has 2 nitrogen and oxygen atoms in total. The van der Waals surface area contributed by atoms with Crippen LogP contribution in [0.4, 0.5) is 4.39 Å². The molecular formula is C17H15FN2. The molecule has 0 spiro atoms. The summed E-state index contributed by atoms with van der Waals surface area (Å²) >= 11 is 0. The van der Waals surface area contributed by atoms with Crippen LogP contribution in [0.15, 0.2) is 55.2 Å². The molecule has 0 unspecified atom stereocenters. The van der Waals surface area contributed by atoms with Crippen LogP contribution in [-0.4, -0.2) is 9.78 Å². The minimum Gasteiger partial charge on any atom is -0.233 e. The first-order chi connectivity index (χ1) is 9.69. The summed E-state index contributed by atoms with van der Waals surface area (Å²) in [6.07, 6.45) is 2.75. The average molecular weight is 266 g/mol. The summed E-state index contributed by atoms with van der Waals surface area (Å²) in [5.74, 6) is -0.244. The van der Waals surface area contributed by atoms with Crippen LogP contribution in [0.5, 0.6) is 0 Å². The van der Waals surface area contributed by atoms with Gasteiger partial charge in [-0.05, 0) is 54.0 Å². The lowest BCUT2D eigenvalue weighted by Gasteiger charge is -2.05.